The molecule has 1 amide bonds. The van der Waals surface area contributed by atoms with Crippen molar-refractivity contribution in [1.82, 2.24) is 5.01 Å². The zero-order chi connectivity index (χ0) is 27.5. The Morgan fingerprint density at radius 1 is 0.949 bits per heavy atom. The summed E-state index contributed by atoms with van der Waals surface area (Å²) in [5.41, 5.74) is 6.90. The van der Waals surface area contributed by atoms with Crippen LogP contribution in [-0.2, 0) is 4.79 Å². The molecule has 0 radical (unpaired) electrons. The van der Waals surface area contributed by atoms with Gasteiger partial charge in [0.2, 0.25) is 0 Å². The Kier molecular flexibility index (Phi) is 8.34. The fraction of sp³-hybridized carbons (Fsp3) is 0.312. The molecule has 3 aromatic rings. The lowest BCUT2D eigenvalue weighted by atomic mass is 9.77. The SMILES string of the molecule is CN(C)c1ccc(/C=C2/CCC[C@@H]3C2=NN(C(=O)CSc2ccc(Cl)cc2)[C@@H]3c2ccc(N(C)C)cc2)cc1. The number of allylic oxidation sites excluding steroid dienone is 1. The highest BCUT2D eigenvalue weighted by molar-refractivity contribution is 8.00. The van der Waals surface area contributed by atoms with Gasteiger partial charge in [-0.3, -0.25) is 4.79 Å². The van der Waals surface area contributed by atoms with Gasteiger partial charge in [-0.25, -0.2) is 5.01 Å². The molecule has 1 heterocycles. The van der Waals surface area contributed by atoms with Gasteiger partial charge in [-0.2, -0.15) is 5.10 Å². The van der Waals surface area contributed by atoms with E-state index in [9.17, 15) is 4.79 Å². The van der Waals surface area contributed by atoms with Gasteiger partial charge < -0.3 is 9.80 Å². The second-order valence-corrected chi connectivity index (χ2v) is 12.0. The third kappa shape index (κ3) is 6.18. The summed E-state index contributed by atoms with van der Waals surface area (Å²) in [6, 6.07) is 24.7. The van der Waals surface area contributed by atoms with E-state index in [1.807, 2.05) is 38.4 Å². The number of hydrogen-bond acceptors (Lipinski definition) is 5. The molecule has 202 valence electrons. The Hall–Kier alpha value is -3.22. The summed E-state index contributed by atoms with van der Waals surface area (Å²) in [5.74, 6) is 0.525. The summed E-state index contributed by atoms with van der Waals surface area (Å²) in [4.78, 5) is 18.9. The molecule has 1 aliphatic heterocycles. The van der Waals surface area contributed by atoms with E-state index >= 15 is 0 Å². The van der Waals surface area contributed by atoms with Crippen molar-refractivity contribution in [2.24, 2.45) is 11.0 Å². The van der Waals surface area contributed by atoms with E-state index in [0.29, 0.717) is 10.8 Å². The maximum Gasteiger partial charge on any atom is 0.253 e. The van der Waals surface area contributed by atoms with E-state index in [1.54, 1.807) is 5.01 Å². The van der Waals surface area contributed by atoms with Crippen LogP contribution in [0.25, 0.3) is 6.08 Å². The smallest absolute Gasteiger partial charge is 0.253 e. The minimum absolute atomic E-state index is 0.0215. The first-order valence-electron chi connectivity index (χ1n) is 13.3. The summed E-state index contributed by atoms with van der Waals surface area (Å²) in [7, 11) is 8.18. The predicted molar refractivity (Wildman–Crippen MR) is 166 cm³/mol. The van der Waals surface area contributed by atoms with Crippen LogP contribution in [0.5, 0.6) is 0 Å². The molecule has 0 bridgehead atoms. The highest BCUT2D eigenvalue weighted by Gasteiger charge is 2.43. The number of carbonyl (C=O) groups excluding carboxylic acids is 1. The zero-order valence-electron chi connectivity index (χ0n) is 23.0. The van der Waals surface area contributed by atoms with Crippen molar-refractivity contribution in [2.45, 2.75) is 30.2 Å². The van der Waals surface area contributed by atoms with Crippen LogP contribution in [-0.4, -0.2) is 50.6 Å². The van der Waals surface area contributed by atoms with Crippen LogP contribution in [0, 0.1) is 5.92 Å². The Balaban J connectivity index is 1.45. The summed E-state index contributed by atoms with van der Waals surface area (Å²) >= 11 is 7.57. The minimum atomic E-state index is -0.102. The lowest BCUT2D eigenvalue weighted by Crippen LogP contribution is -2.32. The molecule has 0 N–H and O–H groups in total. The van der Waals surface area contributed by atoms with Crippen LogP contribution in [0.3, 0.4) is 0 Å². The van der Waals surface area contributed by atoms with Gasteiger partial charge in [0.05, 0.1) is 17.5 Å². The van der Waals surface area contributed by atoms with Crippen LogP contribution < -0.4 is 9.80 Å². The molecule has 2 aliphatic rings. The van der Waals surface area contributed by atoms with Crippen LogP contribution >= 0.6 is 23.4 Å². The topological polar surface area (TPSA) is 39.1 Å². The maximum absolute atomic E-state index is 13.7. The van der Waals surface area contributed by atoms with Gasteiger partial charge in [-0.1, -0.05) is 35.9 Å². The quantitative estimate of drug-likeness (QED) is 0.283. The molecule has 39 heavy (non-hydrogen) atoms. The van der Waals surface area contributed by atoms with E-state index in [-0.39, 0.29) is 17.9 Å². The number of nitrogens with zero attached hydrogens (tertiary/aromatic N) is 4. The molecular formula is C32H35ClN4OS. The number of fused-ring (bicyclic) bond motifs is 1. The van der Waals surface area contributed by atoms with Gasteiger partial charge in [-0.05, 0) is 90.6 Å². The summed E-state index contributed by atoms with van der Waals surface area (Å²) in [6.07, 6.45) is 5.33. The lowest BCUT2D eigenvalue weighted by molar-refractivity contribution is -0.130. The third-order valence-electron chi connectivity index (χ3n) is 7.43. The van der Waals surface area contributed by atoms with Gasteiger partial charge in [0.25, 0.3) is 5.91 Å². The molecule has 0 unspecified atom stereocenters. The van der Waals surface area contributed by atoms with Crippen LogP contribution in [0.4, 0.5) is 11.4 Å². The van der Waals surface area contributed by atoms with Gasteiger partial charge >= 0.3 is 0 Å². The fourth-order valence-electron chi connectivity index (χ4n) is 5.32. The van der Waals surface area contributed by atoms with E-state index in [2.05, 4.69) is 78.5 Å². The van der Waals surface area contributed by atoms with Crippen LogP contribution in [0.1, 0.15) is 36.4 Å². The molecule has 0 aromatic heterocycles. The number of benzene rings is 3. The number of amides is 1. The average Bonchev–Trinajstić information content (AvgIpc) is 3.34. The van der Waals surface area contributed by atoms with Gasteiger partial charge in [-0.15, -0.1) is 11.8 Å². The number of hydrogen-bond donors (Lipinski definition) is 0. The molecule has 3 aromatic carbocycles. The second kappa shape index (κ2) is 11.9. The Morgan fingerprint density at radius 2 is 1.56 bits per heavy atom. The van der Waals surface area contributed by atoms with Crippen molar-refractivity contribution >= 4 is 52.4 Å². The molecule has 0 saturated heterocycles. The highest BCUT2D eigenvalue weighted by atomic mass is 35.5. The first kappa shape index (κ1) is 27.4. The Morgan fingerprint density at radius 3 is 2.18 bits per heavy atom. The molecule has 1 aliphatic carbocycles. The molecular weight excluding hydrogens is 524 g/mol. The average molecular weight is 559 g/mol. The Bertz CT molecular complexity index is 1360. The normalized spacial score (nSPS) is 19.6. The molecule has 7 heteroatoms. The highest BCUT2D eigenvalue weighted by Crippen LogP contribution is 2.45. The van der Waals surface area contributed by atoms with Crippen molar-refractivity contribution in [2.75, 3.05) is 43.7 Å². The zero-order valence-corrected chi connectivity index (χ0v) is 24.5. The van der Waals surface area contributed by atoms with Gasteiger partial charge in [0, 0.05) is 55.4 Å². The molecule has 1 saturated carbocycles. The van der Waals surface area contributed by atoms with E-state index < -0.39 is 0 Å². The molecule has 5 rings (SSSR count). The van der Waals surface area contributed by atoms with Crippen LogP contribution in [0.15, 0.2) is 88.4 Å². The predicted octanol–water partition coefficient (Wildman–Crippen LogP) is 7.39. The van der Waals surface area contributed by atoms with Gasteiger partial charge in [0.1, 0.15) is 0 Å². The molecule has 2 atom stereocenters. The third-order valence-corrected chi connectivity index (χ3v) is 8.68. The molecule has 5 nitrogen and oxygen atoms in total. The second-order valence-electron chi connectivity index (χ2n) is 10.6. The monoisotopic (exact) mass is 558 g/mol. The largest absolute Gasteiger partial charge is 0.378 e. The molecule has 0 spiro atoms. The number of carbonyl (C=O) groups is 1. The fourth-order valence-corrected chi connectivity index (χ4v) is 6.20. The minimum Gasteiger partial charge on any atom is -0.378 e. The maximum atomic E-state index is 13.7. The number of halogens is 1. The van der Waals surface area contributed by atoms with Crippen LogP contribution in [0.2, 0.25) is 5.02 Å². The number of hydrazone groups is 1. The van der Waals surface area contributed by atoms with Crippen molar-refractivity contribution in [1.29, 1.82) is 0 Å². The van der Waals surface area contributed by atoms with E-state index in [1.165, 1.54) is 23.0 Å². The van der Waals surface area contributed by atoms with Crippen molar-refractivity contribution in [3.63, 3.8) is 0 Å². The van der Waals surface area contributed by atoms with Crippen molar-refractivity contribution in [3.8, 4) is 0 Å². The first-order valence-corrected chi connectivity index (χ1v) is 14.7. The molecule has 1 fully saturated rings. The number of anilines is 2. The number of rotatable bonds is 7. The summed E-state index contributed by atoms with van der Waals surface area (Å²) < 4.78 is 0. The van der Waals surface area contributed by atoms with Crippen molar-refractivity contribution in [3.05, 3.63) is 94.5 Å². The standard InChI is InChI=1S/C32H35ClN4OS/c1-35(2)26-14-8-22(9-15-26)20-24-6-5-7-29-31(24)34-37(30(38)21-39-28-18-12-25(33)13-19-28)32(29)23-10-16-27(17-11-23)36(3)4/h8-20,29,32H,5-7,21H2,1-4H3/b24-20-/t29-,32-/m1/s1. The summed E-state index contributed by atoms with van der Waals surface area (Å²) in [6.45, 7) is 0. The number of thioether (sulfide) groups is 1. The van der Waals surface area contributed by atoms with E-state index in [4.69, 9.17) is 16.7 Å². The first-order chi connectivity index (χ1) is 18.8. The Labute approximate surface area is 241 Å². The van der Waals surface area contributed by atoms with Crippen molar-refractivity contribution < 1.29 is 4.79 Å². The lowest BCUT2D eigenvalue weighted by Gasteiger charge is -2.30. The van der Waals surface area contributed by atoms with E-state index in [0.717, 1.165) is 46.7 Å². The summed E-state index contributed by atoms with van der Waals surface area (Å²) in [5, 5.41) is 7.51. The van der Waals surface area contributed by atoms with Gasteiger partial charge in [0.15, 0.2) is 0 Å².